The van der Waals surface area contributed by atoms with Gasteiger partial charge in [-0.3, -0.25) is 0 Å². The molecular weight excluding hydrogens is 246 g/mol. The molecule has 104 valence electrons. The molecule has 1 aliphatic heterocycles. The van der Waals surface area contributed by atoms with Gasteiger partial charge in [0, 0.05) is 18.0 Å². The molecule has 2 heteroatoms. The third kappa shape index (κ3) is 2.77. The molecule has 2 aromatic carbocycles. The van der Waals surface area contributed by atoms with Gasteiger partial charge in [-0.25, -0.2) is 0 Å². The van der Waals surface area contributed by atoms with Crippen molar-refractivity contribution in [3.8, 4) is 0 Å². The Labute approximate surface area is 120 Å². The van der Waals surface area contributed by atoms with E-state index in [-0.39, 0.29) is 12.6 Å². The minimum absolute atomic E-state index is 0.136. The number of benzene rings is 2. The molecule has 2 nitrogen and oxygen atoms in total. The molecule has 3 rings (SSSR count). The minimum Gasteiger partial charge on any atom is -0.395 e. The van der Waals surface area contributed by atoms with Crippen LogP contribution in [0.25, 0.3) is 0 Å². The zero-order valence-corrected chi connectivity index (χ0v) is 11.6. The van der Waals surface area contributed by atoms with E-state index >= 15 is 0 Å². The standard InChI is InChI=1S/C18H21NO/c20-13-18-16(14-7-3-1-4-8-14)11-12-17(19-18)15-9-5-2-6-10-15/h1-10,16-20H,11-13H2. The van der Waals surface area contributed by atoms with Crippen molar-refractivity contribution >= 4 is 0 Å². The van der Waals surface area contributed by atoms with Crippen molar-refractivity contribution in [2.45, 2.75) is 30.8 Å². The van der Waals surface area contributed by atoms with Crippen molar-refractivity contribution < 1.29 is 5.11 Å². The fourth-order valence-electron chi connectivity index (χ4n) is 3.23. The predicted octanol–water partition coefficient (Wildman–Crippen LogP) is 3.26. The van der Waals surface area contributed by atoms with Gasteiger partial charge in [0.25, 0.3) is 0 Å². The van der Waals surface area contributed by atoms with Crippen LogP contribution in [0, 0.1) is 0 Å². The third-order valence-electron chi connectivity index (χ3n) is 4.29. The van der Waals surface area contributed by atoms with Crippen molar-refractivity contribution in [2.24, 2.45) is 0 Å². The number of aliphatic hydroxyl groups excluding tert-OH is 1. The number of hydrogen-bond donors (Lipinski definition) is 2. The van der Waals surface area contributed by atoms with Crippen LogP contribution in [0.3, 0.4) is 0 Å². The molecule has 0 spiro atoms. The Hall–Kier alpha value is -1.64. The second-order valence-electron chi connectivity index (χ2n) is 5.51. The second-order valence-corrected chi connectivity index (χ2v) is 5.51. The minimum atomic E-state index is 0.136. The van der Waals surface area contributed by atoms with Crippen LogP contribution in [0.15, 0.2) is 60.7 Å². The highest BCUT2D eigenvalue weighted by Gasteiger charge is 2.30. The first-order valence-electron chi connectivity index (χ1n) is 7.35. The van der Waals surface area contributed by atoms with Gasteiger partial charge < -0.3 is 10.4 Å². The number of piperidine rings is 1. The van der Waals surface area contributed by atoms with Crippen molar-refractivity contribution in [1.82, 2.24) is 5.32 Å². The Kier molecular flexibility index (Phi) is 4.14. The van der Waals surface area contributed by atoms with Gasteiger partial charge in [0.1, 0.15) is 0 Å². The number of nitrogens with one attached hydrogen (secondary N) is 1. The van der Waals surface area contributed by atoms with Gasteiger partial charge in [-0.15, -0.1) is 0 Å². The van der Waals surface area contributed by atoms with Crippen LogP contribution in [-0.4, -0.2) is 17.8 Å². The van der Waals surface area contributed by atoms with Crippen LogP contribution in [-0.2, 0) is 0 Å². The molecule has 0 aliphatic carbocycles. The smallest absolute Gasteiger partial charge is 0.0590 e. The summed E-state index contributed by atoms with van der Waals surface area (Å²) in [7, 11) is 0. The lowest BCUT2D eigenvalue weighted by Gasteiger charge is -2.37. The fourth-order valence-corrected chi connectivity index (χ4v) is 3.23. The SMILES string of the molecule is OCC1NC(c2ccccc2)CCC1c1ccccc1. The highest BCUT2D eigenvalue weighted by molar-refractivity contribution is 5.25. The second kappa shape index (κ2) is 6.21. The summed E-state index contributed by atoms with van der Waals surface area (Å²) in [4.78, 5) is 0. The highest BCUT2D eigenvalue weighted by atomic mass is 16.3. The number of hydrogen-bond acceptors (Lipinski definition) is 2. The lowest BCUT2D eigenvalue weighted by molar-refractivity contribution is 0.179. The van der Waals surface area contributed by atoms with E-state index in [0.29, 0.717) is 12.0 Å². The third-order valence-corrected chi connectivity index (χ3v) is 4.29. The summed E-state index contributed by atoms with van der Waals surface area (Å²) < 4.78 is 0. The van der Waals surface area contributed by atoms with E-state index in [1.807, 2.05) is 12.1 Å². The molecule has 1 fully saturated rings. The van der Waals surface area contributed by atoms with Crippen LogP contribution in [0.5, 0.6) is 0 Å². The van der Waals surface area contributed by atoms with Crippen molar-refractivity contribution in [1.29, 1.82) is 0 Å². The van der Waals surface area contributed by atoms with Crippen LogP contribution in [0.1, 0.15) is 35.9 Å². The molecule has 2 aromatic rings. The van der Waals surface area contributed by atoms with Gasteiger partial charge in [0.05, 0.1) is 6.61 Å². The lowest BCUT2D eigenvalue weighted by atomic mass is 9.81. The van der Waals surface area contributed by atoms with Crippen LogP contribution < -0.4 is 5.32 Å². The van der Waals surface area contributed by atoms with E-state index in [1.165, 1.54) is 11.1 Å². The molecule has 3 unspecified atom stereocenters. The summed E-state index contributed by atoms with van der Waals surface area (Å²) in [5, 5.41) is 13.3. The molecule has 0 aromatic heterocycles. The number of rotatable bonds is 3. The van der Waals surface area contributed by atoms with Crippen molar-refractivity contribution in [2.75, 3.05) is 6.61 Å². The van der Waals surface area contributed by atoms with Gasteiger partial charge in [-0.1, -0.05) is 60.7 Å². The van der Waals surface area contributed by atoms with Crippen molar-refractivity contribution in [3.05, 3.63) is 71.8 Å². The fraction of sp³-hybridized carbons (Fsp3) is 0.333. The quantitative estimate of drug-likeness (QED) is 0.894. The Morgan fingerprint density at radius 1 is 0.850 bits per heavy atom. The van der Waals surface area contributed by atoms with Crippen LogP contribution in [0.4, 0.5) is 0 Å². The summed E-state index contributed by atoms with van der Waals surface area (Å²) >= 11 is 0. The molecule has 0 amide bonds. The largest absolute Gasteiger partial charge is 0.395 e. The lowest BCUT2D eigenvalue weighted by Crippen LogP contribution is -2.44. The van der Waals surface area contributed by atoms with E-state index in [4.69, 9.17) is 0 Å². The van der Waals surface area contributed by atoms with E-state index in [2.05, 4.69) is 53.8 Å². The zero-order chi connectivity index (χ0) is 13.8. The average Bonchev–Trinajstić information content (AvgIpc) is 2.56. The Balaban J connectivity index is 1.76. The van der Waals surface area contributed by atoms with E-state index in [9.17, 15) is 5.11 Å². The van der Waals surface area contributed by atoms with Gasteiger partial charge in [0.15, 0.2) is 0 Å². The molecule has 0 saturated carbocycles. The summed E-state index contributed by atoms with van der Waals surface area (Å²) in [6.07, 6.45) is 2.22. The first kappa shape index (κ1) is 13.3. The molecule has 0 radical (unpaired) electrons. The topological polar surface area (TPSA) is 32.3 Å². The Bertz CT molecular complexity index is 526. The highest BCUT2D eigenvalue weighted by Crippen LogP contribution is 2.34. The maximum atomic E-state index is 9.72. The average molecular weight is 267 g/mol. The molecular formula is C18H21NO. The zero-order valence-electron chi connectivity index (χ0n) is 11.6. The first-order valence-corrected chi connectivity index (χ1v) is 7.35. The Morgan fingerprint density at radius 3 is 2.05 bits per heavy atom. The maximum absolute atomic E-state index is 9.72. The van der Waals surface area contributed by atoms with Crippen LogP contribution >= 0.6 is 0 Å². The molecule has 1 heterocycles. The Morgan fingerprint density at radius 2 is 1.45 bits per heavy atom. The molecule has 3 atom stereocenters. The molecule has 2 N–H and O–H groups in total. The summed E-state index contributed by atoms with van der Waals surface area (Å²) in [5.74, 6) is 0.404. The predicted molar refractivity (Wildman–Crippen MR) is 81.6 cm³/mol. The monoisotopic (exact) mass is 267 g/mol. The van der Waals surface area contributed by atoms with Gasteiger partial charge in [-0.05, 0) is 24.0 Å². The van der Waals surface area contributed by atoms with Crippen LogP contribution in [0.2, 0.25) is 0 Å². The first-order chi connectivity index (χ1) is 9.88. The van der Waals surface area contributed by atoms with E-state index in [1.54, 1.807) is 0 Å². The van der Waals surface area contributed by atoms with Gasteiger partial charge >= 0.3 is 0 Å². The van der Waals surface area contributed by atoms with E-state index < -0.39 is 0 Å². The summed E-state index contributed by atoms with van der Waals surface area (Å²) in [5.41, 5.74) is 2.64. The summed E-state index contributed by atoms with van der Waals surface area (Å²) in [6.45, 7) is 0.183. The molecule has 1 aliphatic rings. The van der Waals surface area contributed by atoms with Gasteiger partial charge in [-0.2, -0.15) is 0 Å². The van der Waals surface area contributed by atoms with Crippen molar-refractivity contribution in [3.63, 3.8) is 0 Å². The normalized spacial score (nSPS) is 26.4. The molecule has 20 heavy (non-hydrogen) atoms. The molecule has 1 saturated heterocycles. The number of aliphatic hydroxyl groups is 1. The maximum Gasteiger partial charge on any atom is 0.0590 e. The molecule has 0 bridgehead atoms. The van der Waals surface area contributed by atoms with E-state index in [0.717, 1.165) is 12.8 Å². The summed E-state index contributed by atoms with van der Waals surface area (Å²) in [6, 6.07) is 21.5. The van der Waals surface area contributed by atoms with Gasteiger partial charge in [0.2, 0.25) is 0 Å².